The average Bonchev–Trinajstić information content (AvgIpc) is 3.20. The molecule has 0 saturated heterocycles. The van der Waals surface area contributed by atoms with Crippen LogP contribution in [0.4, 0.5) is 0 Å². The molecule has 34 heavy (non-hydrogen) atoms. The number of fused-ring (bicyclic) bond motifs is 1. The van der Waals surface area contributed by atoms with Gasteiger partial charge in [0.25, 0.3) is 5.56 Å². The first kappa shape index (κ1) is 22.4. The molecule has 0 radical (unpaired) electrons. The van der Waals surface area contributed by atoms with Gasteiger partial charge in [0.2, 0.25) is 0 Å². The van der Waals surface area contributed by atoms with Crippen molar-refractivity contribution in [1.29, 1.82) is 0 Å². The molecule has 0 spiro atoms. The van der Waals surface area contributed by atoms with Gasteiger partial charge in [0, 0.05) is 54.8 Å². The normalized spacial score (nSPS) is 14.3. The lowest BCUT2D eigenvalue weighted by molar-refractivity contribution is 0.181. The van der Waals surface area contributed by atoms with Gasteiger partial charge in [-0.25, -0.2) is 8.42 Å². The summed E-state index contributed by atoms with van der Waals surface area (Å²) in [7, 11) is 0.129. The van der Waals surface area contributed by atoms with E-state index in [1.807, 2.05) is 31.4 Å². The van der Waals surface area contributed by atoms with Crippen molar-refractivity contribution in [2.45, 2.75) is 24.2 Å². The predicted molar refractivity (Wildman–Crippen MR) is 133 cm³/mol. The summed E-state index contributed by atoms with van der Waals surface area (Å²) < 4.78 is 34.2. The van der Waals surface area contributed by atoms with Crippen LogP contribution in [0.1, 0.15) is 19.3 Å². The maximum absolute atomic E-state index is 13.0. The Kier molecular flexibility index (Phi) is 5.56. The van der Waals surface area contributed by atoms with Crippen molar-refractivity contribution in [3.05, 3.63) is 65.3 Å². The van der Waals surface area contributed by atoms with Crippen LogP contribution in [0.15, 0.2) is 64.7 Å². The minimum atomic E-state index is -3.43. The summed E-state index contributed by atoms with van der Waals surface area (Å²) in [5.41, 5.74) is 3.14. The highest BCUT2D eigenvalue weighted by atomic mass is 32.2. The van der Waals surface area contributed by atoms with E-state index < -0.39 is 9.84 Å². The van der Waals surface area contributed by atoms with Gasteiger partial charge < -0.3 is 9.30 Å². The number of ether oxygens (including phenoxy) is 1. The Morgan fingerprint density at radius 1 is 1.00 bits per heavy atom. The number of aromatic nitrogens is 3. The molecular weight excluding hydrogens is 450 g/mol. The summed E-state index contributed by atoms with van der Waals surface area (Å²) in [5, 5.41) is 5.55. The SMILES string of the molecule is Cn1cc(-c2ccc3c(=O)n(C)cc(-c4cc(S(C)(=O)=O)ccc4OCC4CCC4)c3c2)cn1. The lowest BCUT2D eigenvalue weighted by Gasteiger charge is -2.26. The molecule has 1 aliphatic carbocycles. The molecule has 2 heterocycles. The van der Waals surface area contributed by atoms with Crippen molar-refractivity contribution >= 4 is 20.6 Å². The number of sulfone groups is 1. The number of rotatable bonds is 6. The second-order valence-corrected chi connectivity index (χ2v) is 11.2. The molecule has 0 amide bonds. The predicted octanol–water partition coefficient (Wildman–Crippen LogP) is 4.19. The second-order valence-electron chi connectivity index (χ2n) is 9.16. The van der Waals surface area contributed by atoms with Gasteiger partial charge in [-0.3, -0.25) is 9.48 Å². The van der Waals surface area contributed by atoms with Crippen LogP contribution >= 0.6 is 0 Å². The molecule has 4 aromatic rings. The van der Waals surface area contributed by atoms with E-state index in [4.69, 9.17) is 4.74 Å². The minimum absolute atomic E-state index is 0.118. The van der Waals surface area contributed by atoms with Crippen molar-refractivity contribution in [2.24, 2.45) is 20.0 Å². The number of benzene rings is 2. The molecule has 5 rings (SSSR count). The van der Waals surface area contributed by atoms with Crippen molar-refractivity contribution in [2.75, 3.05) is 12.9 Å². The molecule has 0 N–H and O–H groups in total. The Morgan fingerprint density at radius 2 is 1.79 bits per heavy atom. The Labute approximate surface area is 198 Å². The van der Waals surface area contributed by atoms with E-state index in [1.165, 1.54) is 17.2 Å². The van der Waals surface area contributed by atoms with Gasteiger partial charge in [-0.1, -0.05) is 12.5 Å². The van der Waals surface area contributed by atoms with Crippen LogP contribution in [0.3, 0.4) is 0 Å². The Bertz CT molecular complexity index is 1560. The van der Waals surface area contributed by atoms with Crippen LogP contribution in [0, 0.1) is 5.92 Å². The maximum atomic E-state index is 13.0. The monoisotopic (exact) mass is 477 g/mol. The third-order valence-electron chi connectivity index (χ3n) is 6.59. The highest BCUT2D eigenvalue weighted by molar-refractivity contribution is 7.90. The Morgan fingerprint density at radius 3 is 2.44 bits per heavy atom. The lowest BCUT2D eigenvalue weighted by Crippen LogP contribution is -2.20. The Balaban J connectivity index is 1.74. The summed E-state index contributed by atoms with van der Waals surface area (Å²) >= 11 is 0. The average molecular weight is 478 g/mol. The molecule has 8 heteroatoms. The smallest absolute Gasteiger partial charge is 0.258 e. The zero-order chi connectivity index (χ0) is 24.0. The van der Waals surface area contributed by atoms with E-state index in [9.17, 15) is 13.2 Å². The van der Waals surface area contributed by atoms with E-state index in [0.29, 0.717) is 29.2 Å². The summed E-state index contributed by atoms with van der Waals surface area (Å²) in [5.74, 6) is 1.14. The molecular formula is C26H27N3O4S. The number of hydrogen-bond donors (Lipinski definition) is 0. The van der Waals surface area contributed by atoms with E-state index in [2.05, 4.69) is 5.10 Å². The van der Waals surface area contributed by atoms with E-state index in [-0.39, 0.29) is 10.5 Å². The number of aryl methyl sites for hydroxylation is 2. The van der Waals surface area contributed by atoms with Gasteiger partial charge in [-0.05, 0) is 60.0 Å². The maximum Gasteiger partial charge on any atom is 0.258 e. The number of hydrogen-bond acceptors (Lipinski definition) is 5. The van der Waals surface area contributed by atoms with Gasteiger partial charge in [-0.15, -0.1) is 0 Å². The summed E-state index contributed by atoms with van der Waals surface area (Å²) in [6.07, 6.45) is 10.2. The molecule has 1 fully saturated rings. The first-order valence-corrected chi connectivity index (χ1v) is 13.2. The molecule has 2 aromatic carbocycles. The minimum Gasteiger partial charge on any atom is -0.493 e. The quantitative estimate of drug-likeness (QED) is 0.416. The fourth-order valence-corrected chi connectivity index (χ4v) is 5.02. The summed E-state index contributed by atoms with van der Waals surface area (Å²) in [4.78, 5) is 13.2. The fraction of sp³-hybridized carbons (Fsp3) is 0.308. The van der Waals surface area contributed by atoms with Crippen molar-refractivity contribution in [3.63, 3.8) is 0 Å². The highest BCUT2D eigenvalue weighted by Crippen LogP contribution is 2.38. The topological polar surface area (TPSA) is 83.2 Å². The van der Waals surface area contributed by atoms with Gasteiger partial charge >= 0.3 is 0 Å². The Hall–Kier alpha value is -3.39. The molecule has 1 aliphatic rings. The van der Waals surface area contributed by atoms with Crippen LogP contribution in [0.5, 0.6) is 5.75 Å². The molecule has 7 nitrogen and oxygen atoms in total. The van der Waals surface area contributed by atoms with Crippen LogP contribution in [0.25, 0.3) is 33.0 Å². The third-order valence-corrected chi connectivity index (χ3v) is 7.70. The van der Waals surface area contributed by atoms with Crippen LogP contribution in [-0.2, 0) is 23.9 Å². The van der Waals surface area contributed by atoms with Crippen LogP contribution < -0.4 is 10.3 Å². The van der Waals surface area contributed by atoms with E-state index in [1.54, 1.807) is 42.3 Å². The first-order valence-electron chi connectivity index (χ1n) is 11.3. The van der Waals surface area contributed by atoms with Crippen molar-refractivity contribution < 1.29 is 13.2 Å². The number of nitrogens with zero attached hydrogens (tertiary/aromatic N) is 3. The van der Waals surface area contributed by atoms with Gasteiger partial charge in [0.05, 0.1) is 17.7 Å². The lowest BCUT2D eigenvalue weighted by atomic mass is 9.86. The molecule has 0 unspecified atom stereocenters. The highest BCUT2D eigenvalue weighted by Gasteiger charge is 2.21. The molecule has 0 atom stereocenters. The van der Waals surface area contributed by atoms with Crippen LogP contribution in [-0.4, -0.2) is 35.6 Å². The summed E-state index contributed by atoms with van der Waals surface area (Å²) in [6, 6.07) is 10.7. The number of pyridine rings is 1. The largest absolute Gasteiger partial charge is 0.493 e. The van der Waals surface area contributed by atoms with Crippen molar-refractivity contribution in [1.82, 2.24) is 14.3 Å². The molecule has 1 saturated carbocycles. The second kappa shape index (κ2) is 8.43. The standard InChI is InChI=1S/C26H27N3O4S/c1-28-15-24(22-11-18(7-9-21(22)26(28)30)19-13-27-29(2)14-19)23-12-20(34(3,31)32)8-10-25(23)33-16-17-5-4-6-17/h7-15,17H,4-6,16H2,1-3H3. The molecule has 0 aliphatic heterocycles. The third kappa shape index (κ3) is 4.14. The van der Waals surface area contributed by atoms with Crippen molar-refractivity contribution in [3.8, 4) is 28.0 Å². The van der Waals surface area contributed by atoms with E-state index >= 15 is 0 Å². The fourth-order valence-electron chi connectivity index (χ4n) is 4.37. The molecule has 2 aromatic heterocycles. The zero-order valence-electron chi connectivity index (χ0n) is 19.5. The van der Waals surface area contributed by atoms with Gasteiger partial charge in [0.15, 0.2) is 9.84 Å². The molecule has 176 valence electrons. The van der Waals surface area contributed by atoms with E-state index in [0.717, 1.165) is 34.9 Å². The zero-order valence-corrected chi connectivity index (χ0v) is 20.3. The van der Waals surface area contributed by atoms with Gasteiger partial charge in [0.1, 0.15) is 5.75 Å². The van der Waals surface area contributed by atoms with Crippen LogP contribution in [0.2, 0.25) is 0 Å². The summed E-state index contributed by atoms with van der Waals surface area (Å²) in [6.45, 7) is 0.593. The molecule has 0 bridgehead atoms. The first-order chi connectivity index (χ1) is 16.2. The van der Waals surface area contributed by atoms with Gasteiger partial charge in [-0.2, -0.15) is 5.10 Å².